The van der Waals surface area contributed by atoms with E-state index >= 15 is 0 Å². The number of thiazole rings is 1. The van der Waals surface area contributed by atoms with Crippen LogP contribution >= 0.6 is 34.5 Å². The van der Waals surface area contributed by atoms with Crippen LogP contribution in [-0.2, 0) is 6.61 Å². The zero-order valence-corrected chi connectivity index (χ0v) is 9.14. The highest BCUT2D eigenvalue weighted by Gasteiger charge is 2.10. The Hall–Kier alpha value is -0.620. The second-order valence-corrected chi connectivity index (χ2v) is 4.33. The highest BCUT2D eigenvalue weighted by molar-refractivity contribution is 7.14. The molecular formula is C7H5Cl2N3OS. The third-order valence-electron chi connectivity index (χ3n) is 1.53. The Bertz CT molecular complexity index is 453. The molecule has 0 bridgehead atoms. The summed E-state index contributed by atoms with van der Waals surface area (Å²) in [5.74, 6) is 0. The van der Waals surface area contributed by atoms with Gasteiger partial charge in [-0.05, 0) is 0 Å². The van der Waals surface area contributed by atoms with Crippen molar-refractivity contribution >= 4 is 34.5 Å². The molecule has 74 valence electrons. The Morgan fingerprint density at radius 1 is 1.50 bits per heavy atom. The number of aromatic nitrogens is 3. The average Bonchev–Trinajstić information content (AvgIpc) is 2.71. The molecule has 0 saturated carbocycles. The predicted octanol–water partition coefficient (Wildman–Crippen LogP) is 2.13. The van der Waals surface area contributed by atoms with Gasteiger partial charge in [0.2, 0.25) is 5.13 Å². The maximum atomic E-state index is 8.91. The van der Waals surface area contributed by atoms with Crippen LogP contribution in [0.4, 0.5) is 0 Å². The second kappa shape index (κ2) is 3.86. The normalized spacial score (nSPS) is 10.8. The topological polar surface area (TPSA) is 50.9 Å². The maximum Gasteiger partial charge on any atom is 0.212 e. The standard InChI is InChI=1S/C7H5Cl2N3OS/c8-4-1-10-12(2-4)7-11-6(9)5(3-13)14-7/h1-2,13H,3H2. The van der Waals surface area contributed by atoms with Gasteiger partial charge in [0, 0.05) is 0 Å². The van der Waals surface area contributed by atoms with Crippen molar-refractivity contribution in [3.63, 3.8) is 0 Å². The monoisotopic (exact) mass is 249 g/mol. The number of aliphatic hydroxyl groups excluding tert-OH is 1. The Morgan fingerprint density at radius 3 is 2.79 bits per heavy atom. The van der Waals surface area contributed by atoms with Crippen molar-refractivity contribution in [2.45, 2.75) is 6.61 Å². The summed E-state index contributed by atoms with van der Waals surface area (Å²) in [7, 11) is 0. The lowest BCUT2D eigenvalue weighted by atomic mass is 10.6. The summed E-state index contributed by atoms with van der Waals surface area (Å²) in [6, 6.07) is 0. The van der Waals surface area contributed by atoms with Gasteiger partial charge in [-0.15, -0.1) is 0 Å². The molecule has 0 aliphatic rings. The van der Waals surface area contributed by atoms with Gasteiger partial charge in [-0.2, -0.15) is 5.10 Å². The van der Waals surface area contributed by atoms with Crippen LogP contribution < -0.4 is 0 Å². The zero-order valence-electron chi connectivity index (χ0n) is 6.81. The Kier molecular flexibility index (Phi) is 2.73. The van der Waals surface area contributed by atoms with Crippen molar-refractivity contribution in [2.75, 3.05) is 0 Å². The van der Waals surface area contributed by atoms with Crippen molar-refractivity contribution < 1.29 is 5.11 Å². The number of rotatable bonds is 2. The summed E-state index contributed by atoms with van der Waals surface area (Å²) < 4.78 is 1.51. The minimum atomic E-state index is -0.120. The summed E-state index contributed by atoms with van der Waals surface area (Å²) in [6.45, 7) is -0.120. The lowest BCUT2D eigenvalue weighted by molar-refractivity contribution is 0.285. The van der Waals surface area contributed by atoms with Crippen molar-refractivity contribution in [1.82, 2.24) is 14.8 Å². The number of halogens is 2. The third-order valence-corrected chi connectivity index (χ3v) is 3.18. The molecule has 0 aromatic carbocycles. The van der Waals surface area contributed by atoms with E-state index in [1.165, 1.54) is 22.2 Å². The lowest BCUT2D eigenvalue weighted by Gasteiger charge is -1.90. The number of hydrogen-bond donors (Lipinski definition) is 1. The number of aliphatic hydroxyl groups is 1. The maximum absolute atomic E-state index is 8.91. The molecular weight excluding hydrogens is 245 g/mol. The minimum Gasteiger partial charge on any atom is -0.391 e. The van der Waals surface area contributed by atoms with Gasteiger partial charge >= 0.3 is 0 Å². The van der Waals surface area contributed by atoms with E-state index < -0.39 is 0 Å². The smallest absolute Gasteiger partial charge is 0.212 e. The second-order valence-electron chi connectivity index (χ2n) is 2.47. The molecule has 0 aliphatic heterocycles. The summed E-state index contributed by atoms with van der Waals surface area (Å²) in [5, 5.41) is 14.3. The predicted molar refractivity (Wildman–Crippen MR) is 55.2 cm³/mol. The quantitative estimate of drug-likeness (QED) is 0.888. The third kappa shape index (κ3) is 1.76. The van der Waals surface area contributed by atoms with Gasteiger partial charge in [0.05, 0.1) is 28.9 Å². The van der Waals surface area contributed by atoms with E-state index in [-0.39, 0.29) is 6.61 Å². The van der Waals surface area contributed by atoms with E-state index in [4.69, 9.17) is 28.3 Å². The minimum absolute atomic E-state index is 0.120. The molecule has 7 heteroatoms. The SMILES string of the molecule is OCc1sc(-n2cc(Cl)cn2)nc1Cl. The first-order valence-corrected chi connectivity index (χ1v) is 5.24. The number of nitrogens with zero attached hydrogens (tertiary/aromatic N) is 3. The fourth-order valence-electron chi connectivity index (χ4n) is 0.922. The van der Waals surface area contributed by atoms with Crippen molar-refractivity contribution in [3.05, 3.63) is 27.4 Å². The van der Waals surface area contributed by atoms with Gasteiger partial charge in [0.25, 0.3) is 0 Å². The van der Waals surface area contributed by atoms with E-state index in [9.17, 15) is 0 Å². The lowest BCUT2D eigenvalue weighted by Crippen LogP contribution is -1.91. The molecule has 0 saturated heterocycles. The molecule has 4 nitrogen and oxygen atoms in total. The number of hydrogen-bond acceptors (Lipinski definition) is 4. The van der Waals surface area contributed by atoms with Crippen LogP contribution in [0.15, 0.2) is 12.4 Å². The van der Waals surface area contributed by atoms with E-state index in [0.29, 0.717) is 20.2 Å². The summed E-state index contributed by atoms with van der Waals surface area (Å²) >= 11 is 12.7. The van der Waals surface area contributed by atoms with Crippen molar-refractivity contribution in [2.24, 2.45) is 0 Å². The first kappa shape index (κ1) is 9.92. The fourth-order valence-corrected chi connectivity index (χ4v) is 2.11. The van der Waals surface area contributed by atoms with E-state index in [1.807, 2.05) is 0 Å². The van der Waals surface area contributed by atoms with E-state index in [2.05, 4.69) is 10.1 Å². The summed E-state index contributed by atoms with van der Waals surface area (Å²) in [5.41, 5.74) is 0. The summed E-state index contributed by atoms with van der Waals surface area (Å²) in [4.78, 5) is 4.65. The van der Waals surface area contributed by atoms with Crippen LogP contribution in [0.5, 0.6) is 0 Å². The average molecular weight is 250 g/mol. The zero-order chi connectivity index (χ0) is 10.1. The molecule has 14 heavy (non-hydrogen) atoms. The van der Waals surface area contributed by atoms with E-state index in [1.54, 1.807) is 6.20 Å². The molecule has 2 aromatic heterocycles. The molecule has 0 spiro atoms. The van der Waals surface area contributed by atoms with Crippen LogP contribution in [0.3, 0.4) is 0 Å². The van der Waals surface area contributed by atoms with Gasteiger partial charge in [-0.1, -0.05) is 34.5 Å². The van der Waals surface area contributed by atoms with Gasteiger partial charge in [0.1, 0.15) is 5.15 Å². The highest BCUT2D eigenvalue weighted by Crippen LogP contribution is 2.25. The van der Waals surface area contributed by atoms with Crippen LogP contribution in [0.1, 0.15) is 4.88 Å². The Morgan fingerprint density at radius 2 is 2.29 bits per heavy atom. The largest absolute Gasteiger partial charge is 0.391 e. The highest BCUT2D eigenvalue weighted by atomic mass is 35.5. The molecule has 2 heterocycles. The molecule has 0 unspecified atom stereocenters. The van der Waals surface area contributed by atoms with Crippen LogP contribution in [0.25, 0.3) is 5.13 Å². The molecule has 2 aromatic rings. The molecule has 2 rings (SSSR count). The molecule has 0 fully saturated rings. The van der Waals surface area contributed by atoms with Crippen LogP contribution in [0, 0.1) is 0 Å². The first-order chi connectivity index (χ1) is 6.70. The van der Waals surface area contributed by atoms with Gasteiger partial charge in [-0.25, -0.2) is 9.67 Å². The van der Waals surface area contributed by atoms with Crippen molar-refractivity contribution in [3.8, 4) is 5.13 Å². The van der Waals surface area contributed by atoms with E-state index in [0.717, 1.165) is 0 Å². The van der Waals surface area contributed by atoms with Gasteiger partial charge in [0.15, 0.2) is 0 Å². The first-order valence-electron chi connectivity index (χ1n) is 3.67. The van der Waals surface area contributed by atoms with Crippen molar-refractivity contribution in [1.29, 1.82) is 0 Å². The van der Waals surface area contributed by atoms with Gasteiger partial charge < -0.3 is 5.11 Å². The molecule has 0 aliphatic carbocycles. The molecule has 0 amide bonds. The van der Waals surface area contributed by atoms with Gasteiger partial charge in [-0.3, -0.25) is 0 Å². The van der Waals surface area contributed by atoms with Crippen LogP contribution in [-0.4, -0.2) is 19.9 Å². The summed E-state index contributed by atoms with van der Waals surface area (Å²) in [6.07, 6.45) is 3.13. The fraction of sp³-hybridized carbons (Fsp3) is 0.143. The van der Waals surface area contributed by atoms with Crippen LogP contribution in [0.2, 0.25) is 10.2 Å². The Labute approximate surface area is 93.7 Å². The molecule has 0 atom stereocenters. The Balaban J connectivity index is 2.42. The molecule has 1 N–H and O–H groups in total. The molecule has 0 radical (unpaired) electrons.